The number of nitrogens with one attached hydrogen (secondary N) is 2. The van der Waals surface area contributed by atoms with Crippen LogP contribution in [0.3, 0.4) is 0 Å². The Morgan fingerprint density at radius 2 is 2.17 bits per heavy atom. The van der Waals surface area contributed by atoms with Crippen molar-refractivity contribution in [2.75, 3.05) is 31.1 Å². The number of nitrogens with zero attached hydrogens (tertiary/aromatic N) is 5. The van der Waals surface area contributed by atoms with E-state index >= 15 is 0 Å². The number of anilines is 1. The van der Waals surface area contributed by atoms with Gasteiger partial charge in [0, 0.05) is 25.3 Å². The van der Waals surface area contributed by atoms with Crippen LogP contribution in [0.5, 0.6) is 0 Å². The number of hydrogen-bond acceptors (Lipinski definition) is 5. The van der Waals surface area contributed by atoms with E-state index in [4.69, 9.17) is 0 Å². The fourth-order valence-corrected chi connectivity index (χ4v) is 3.41. The van der Waals surface area contributed by atoms with E-state index in [1.165, 1.54) is 41.2 Å². The Hall–Kier alpha value is -3.10. The van der Waals surface area contributed by atoms with Gasteiger partial charge in [0.1, 0.15) is 12.4 Å². The molecule has 0 radical (unpaired) electrons. The van der Waals surface area contributed by atoms with Gasteiger partial charge < -0.3 is 15.5 Å². The Morgan fingerprint density at radius 3 is 2.86 bits per heavy atom. The van der Waals surface area contributed by atoms with E-state index in [1.54, 1.807) is 0 Å². The van der Waals surface area contributed by atoms with Crippen LogP contribution in [0.25, 0.3) is 0 Å². The van der Waals surface area contributed by atoms with E-state index in [1.807, 2.05) is 6.92 Å². The van der Waals surface area contributed by atoms with Crippen molar-refractivity contribution in [1.82, 2.24) is 20.4 Å². The summed E-state index contributed by atoms with van der Waals surface area (Å²) in [6, 6.07) is 8.75. The van der Waals surface area contributed by atoms with Crippen molar-refractivity contribution in [2.45, 2.75) is 39.3 Å². The molecule has 1 fully saturated rings. The number of benzene rings is 1. The molecular formula is C20H29N7O2. The van der Waals surface area contributed by atoms with Gasteiger partial charge in [-0.05, 0) is 44.4 Å². The first kappa shape index (κ1) is 20.6. The van der Waals surface area contributed by atoms with Crippen molar-refractivity contribution in [2.24, 2.45) is 4.99 Å². The summed E-state index contributed by atoms with van der Waals surface area (Å²) in [6.07, 6.45) is 5.19. The van der Waals surface area contributed by atoms with Gasteiger partial charge in [0.05, 0.1) is 24.1 Å². The topological polar surface area (TPSA) is 101 Å². The lowest BCUT2D eigenvalue weighted by molar-refractivity contribution is -0.385. The largest absolute Gasteiger partial charge is 0.372 e. The Bertz CT molecular complexity index is 843. The van der Waals surface area contributed by atoms with E-state index in [-0.39, 0.29) is 11.7 Å². The average Bonchev–Trinajstić information content (AvgIpc) is 3.40. The van der Waals surface area contributed by atoms with Gasteiger partial charge in [-0.2, -0.15) is 5.10 Å². The van der Waals surface area contributed by atoms with Crippen LogP contribution < -0.4 is 15.5 Å². The maximum absolute atomic E-state index is 10.7. The normalized spacial score (nSPS) is 15.4. The molecule has 1 atom stereocenters. The molecule has 9 nitrogen and oxygen atoms in total. The number of nitro groups is 1. The Morgan fingerprint density at radius 1 is 1.38 bits per heavy atom. The van der Waals surface area contributed by atoms with Gasteiger partial charge in [0.2, 0.25) is 0 Å². The first-order chi connectivity index (χ1) is 14.1. The summed E-state index contributed by atoms with van der Waals surface area (Å²) in [7, 11) is 0. The van der Waals surface area contributed by atoms with Gasteiger partial charge in [-0.1, -0.05) is 12.1 Å². The quantitative estimate of drug-likeness (QED) is 0.306. The Labute approximate surface area is 171 Å². The smallest absolute Gasteiger partial charge is 0.306 e. The SMILES string of the molecule is CCNC(=NCCn1cc([N+](=O)[O-])cn1)NC(C)c1cccc(N2CCCC2)c1. The van der Waals surface area contributed by atoms with Gasteiger partial charge in [-0.25, -0.2) is 0 Å². The maximum Gasteiger partial charge on any atom is 0.306 e. The summed E-state index contributed by atoms with van der Waals surface area (Å²) in [4.78, 5) is 17.3. The van der Waals surface area contributed by atoms with Crippen LogP contribution in [0.4, 0.5) is 11.4 Å². The summed E-state index contributed by atoms with van der Waals surface area (Å²) >= 11 is 0. The number of aromatic nitrogens is 2. The minimum atomic E-state index is -0.448. The molecule has 2 N–H and O–H groups in total. The molecular weight excluding hydrogens is 370 g/mol. The monoisotopic (exact) mass is 399 g/mol. The highest BCUT2D eigenvalue weighted by atomic mass is 16.6. The van der Waals surface area contributed by atoms with Crippen molar-refractivity contribution >= 4 is 17.3 Å². The van der Waals surface area contributed by atoms with Gasteiger partial charge in [-0.15, -0.1) is 0 Å². The van der Waals surface area contributed by atoms with Crippen LogP contribution in [0.2, 0.25) is 0 Å². The number of rotatable bonds is 8. The second-order valence-electron chi connectivity index (χ2n) is 7.13. The van der Waals surface area contributed by atoms with Gasteiger partial charge in [-0.3, -0.25) is 19.8 Å². The van der Waals surface area contributed by atoms with Crippen LogP contribution in [-0.2, 0) is 6.54 Å². The Balaban J connectivity index is 1.60. The van der Waals surface area contributed by atoms with Crippen LogP contribution >= 0.6 is 0 Å². The Kier molecular flexibility index (Phi) is 7.04. The molecule has 0 amide bonds. The minimum absolute atomic E-state index is 0.00878. The first-order valence-corrected chi connectivity index (χ1v) is 10.1. The second-order valence-corrected chi connectivity index (χ2v) is 7.13. The van der Waals surface area contributed by atoms with Crippen molar-refractivity contribution in [3.63, 3.8) is 0 Å². The van der Waals surface area contributed by atoms with Gasteiger partial charge in [0.25, 0.3) is 0 Å². The standard InChI is InChI=1S/C20H29N7O2/c1-3-21-20(22-9-12-26-15-19(14-23-26)27(28)29)24-16(2)17-7-6-8-18(13-17)25-10-4-5-11-25/h6-8,13-16H,3-5,9-12H2,1-2H3,(H2,21,22,24). The first-order valence-electron chi connectivity index (χ1n) is 10.1. The average molecular weight is 399 g/mol. The molecule has 29 heavy (non-hydrogen) atoms. The van der Waals surface area contributed by atoms with Crippen molar-refractivity contribution < 1.29 is 4.92 Å². The highest BCUT2D eigenvalue weighted by Crippen LogP contribution is 2.23. The van der Waals surface area contributed by atoms with Crippen LogP contribution in [-0.4, -0.2) is 46.8 Å². The highest BCUT2D eigenvalue weighted by molar-refractivity contribution is 5.80. The molecule has 1 aromatic carbocycles. The summed E-state index contributed by atoms with van der Waals surface area (Å²) in [5.41, 5.74) is 2.48. The maximum atomic E-state index is 10.7. The third kappa shape index (κ3) is 5.69. The summed E-state index contributed by atoms with van der Waals surface area (Å²) in [6.45, 7) is 8.08. The van der Waals surface area contributed by atoms with Crippen LogP contribution in [0.15, 0.2) is 41.7 Å². The zero-order chi connectivity index (χ0) is 20.6. The molecule has 1 saturated heterocycles. The number of aliphatic imine (C=N–C) groups is 1. The van der Waals surface area contributed by atoms with E-state index < -0.39 is 4.92 Å². The molecule has 1 unspecified atom stereocenters. The fraction of sp³-hybridized carbons (Fsp3) is 0.500. The lowest BCUT2D eigenvalue weighted by Crippen LogP contribution is -2.39. The zero-order valence-corrected chi connectivity index (χ0v) is 17.0. The van der Waals surface area contributed by atoms with E-state index in [0.717, 1.165) is 19.6 Å². The lowest BCUT2D eigenvalue weighted by atomic mass is 10.1. The van der Waals surface area contributed by atoms with Crippen molar-refractivity contribution in [3.05, 3.63) is 52.3 Å². The van der Waals surface area contributed by atoms with Crippen molar-refractivity contribution in [3.8, 4) is 0 Å². The van der Waals surface area contributed by atoms with Crippen LogP contribution in [0.1, 0.15) is 38.3 Å². The van der Waals surface area contributed by atoms with Gasteiger partial charge in [0.15, 0.2) is 5.96 Å². The third-order valence-electron chi connectivity index (χ3n) is 4.97. The molecule has 0 spiro atoms. The predicted molar refractivity (Wildman–Crippen MR) is 114 cm³/mol. The van der Waals surface area contributed by atoms with Crippen molar-refractivity contribution in [1.29, 1.82) is 0 Å². The fourth-order valence-electron chi connectivity index (χ4n) is 3.41. The molecule has 2 aromatic rings. The third-order valence-corrected chi connectivity index (χ3v) is 4.97. The van der Waals surface area contributed by atoms with E-state index in [9.17, 15) is 10.1 Å². The number of hydrogen-bond donors (Lipinski definition) is 2. The van der Waals surface area contributed by atoms with Gasteiger partial charge >= 0.3 is 5.69 Å². The second kappa shape index (κ2) is 9.90. The summed E-state index contributed by atoms with van der Waals surface area (Å²) in [5.74, 6) is 0.716. The molecule has 2 heterocycles. The van der Waals surface area contributed by atoms with E-state index in [2.05, 4.69) is 56.8 Å². The molecule has 0 saturated carbocycles. The van der Waals surface area contributed by atoms with Crippen LogP contribution in [0, 0.1) is 10.1 Å². The number of guanidine groups is 1. The lowest BCUT2D eigenvalue weighted by Gasteiger charge is -2.22. The molecule has 1 aliphatic rings. The minimum Gasteiger partial charge on any atom is -0.372 e. The molecule has 0 bridgehead atoms. The zero-order valence-electron chi connectivity index (χ0n) is 17.0. The molecule has 1 aliphatic heterocycles. The molecule has 0 aliphatic carbocycles. The molecule has 156 valence electrons. The molecule has 3 rings (SSSR count). The van der Waals surface area contributed by atoms with E-state index in [0.29, 0.717) is 19.0 Å². The summed E-state index contributed by atoms with van der Waals surface area (Å²) < 4.78 is 1.54. The predicted octanol–water partition coefficient (Wildman–Crippen LogP) is 2.71. The molecule has 9 heteroatoms. The molecule has 1 aromatic heterocycles. The highest BCUT2D eigenvalue weighted by Gasteiger charge is 2.14. The summed E-state index contributed by atoms with van der Waals surface area (Å²) in [5, 5.41) is 21.4.